The molecule has 0 unspecified atom stereocenters. The second kappa shape index (κ2) is 4.82. The summed E-state index contributed by atoms with van der Waals surface area (Å²) in [5.74, 6) is -0.340. The van der Waals surface area contributed by atoms with Crippen LogP contribution in [-0.2, 0) is 9.53 Å². The van der Waals surface area contributed by atoms with Crippen molar-refractivity contribution < 1.29 is 14.3 Å². The number of nitrogens with zero attached hydrogens (tertiary/aromatic N) is 1. The zero-order chi connectivity index (χ0) is 12.3. The first-order valence-electron chi connectivity index (χ1n) is 5.40. The van der Waals surface area contributed by atoms with Crippen LogP contribution in [0.4, 0.5) is 4.79 Å². The lowest BCUT2D eigenvalue weighted by molar-refractivity contribution is -0.122. The SMILES string of the molecule is Cc1ccc(/C=C/C(=O)N2CCOC2=O)cc1. The molecular weight excluding hydrogens is 218 g/mol. The Balaban J connectivity index is 2.03. The molecule has 1 aromatic rings. The summed E-state index contributed by atoms with van der Waals surface area (Å²) < 4.78 is 4.69. The molecule has 17 heavy (non-hydrogen) atoms. The van der Waals surface area contributed by atoms with Crippen molar-refractivity contribution in [2.75, 3.05) is 13.2 Å². The zero-order valence-corrected chi connectivity index (χ0v) is 9.55. The Kier molecular flexibility index (Phi) is 3.23. The van der Waals surface area contributed by atoms with E-state index in [0.717, 1.165) is 16.0 Å². The third-order valence-corrected chi connectivity index (χ3v) is 2.52. The van der Waals surface area contributed by atoms with Gasteiger partial charge in [0.25, 0.3) is 5.91 Å². The summed E-state index contributed by atoms with van der Waals surface area (Å²) in [6, 6.07) is 7.77. The van der Waals surface area contributed by atoms with Crippen LogP contribution in [-0.4, -0.2) is 30.1 Å². The first kappa shape index (κ1) is 11.4. The number of amides is 2. The molecule has 88 valence electrons. The summed E-state index contributed by atoms with van der Waals surface area (Å²) in [7, 11) is 0. The van der Waals surface area contributed by atoms with Crippen LogP contribution < -0.4 is 0 Å². The van der Waals surface area contributed by atoms with Crippen molar-refractivity contribution >= 4 is 18.1 Å². The summed E-state index contributed by atoms with van der Waals surface area (Å²) in [6.07, 6.45) is 2.51. The van der Waals surface area contributed by atoms with Crippen molar-refractivity contribution in [3.8, 4) is 0 Å². The van der Waals surface area contributed by atoms with Crippen molar-refractivity contribution in [2.45, 2.75) is 6.92 Å². The normalized spacial score (nSPS) is 15.4. The van der Waals surface area contributed by atoms with E-state index in [2.05, 4.69) is 4.74 Å². The number of benzene rings is 1. The van der Waals surface area contributed by atoms with Gasteiger partial charge in [-0.05, 0) is 18.6 Å². The van der Waals surface area contributed by atoms with E-state index in [1.165, 1.54) is 6.08 Å². The number of ether oxygens (including phenoxy) is 1. The van der Waals surface area contributed by atoms with Gasteiger partial charge in [0.2, 0.25) is 0 Å². The minimum Gasteiger partial charge on any atom is -0.447 e. The molecule has 1 aromatic carbocycles. The largest absolute Gasteiger partial charge is 0.447 e. The fourth-order valence-electron chi connectivity index (χ4n) is 1.53. The van der Waals surface area contributed by atoms with Gasteiger partial charge in [-0.25, -0.2) is 9.69 Å². The van der Waals surface area contributed by atoms with Gasteiger partial charge < -0.3 is 4.74 Å². The summed E-state index contributed by atoms with van der Waals surface area (Å²) in [5, 5.41) is 0. The van der Waals surface area contributed by atoms with Crippen molar-refractivity contribution in [3.63, 3.8) is 0 Å². The highest BCUT2D eigenvalue weighted by atomic mass is 16.6. The highest BCUT2D eigenvalue weighted by molar-refractivity contribution is 6.01. The van der Waals surface area contributed by atoms with Crippen LogP contribution in [0, 0.1) is 6.92 Å². The lowest BCUT2D eigenvalue weighted by atomic mass is 10.1. The standard InChI is InChI=1S/C13H13NO3/c1-10-2-4-11(5-3-10)6-7-12(15)14-8-9-17-13(14)16/h2-7H,8-9H2,1H3/b7-6+. The van der Waals surface area contributed by atoms with E-state index in [0.29, 0.717) is 6.54 Å². The van der Waals surface area contributed by atoms with Crippen LogP contribution in [0.2, 0.25) is 0 Å². The third-order valence-electron chi connectivity index (χ3n) is 2.52. The van der Waals surface area contributed by atoms with Crippen LogP contribution in [0.5, 0.6) is 0 Å². The molecule has 0 atom stereocenters. The van der Waals surface area contributed by atoms with Crippen LogP contribution in [0.25, 0.3) is 6.08 Å². The Morgan fingerprint density at radius 3 is 2.65 bits per heavy atom. The van der Waals surface area contributed by atoms with E-state index in [9.17, 15) is 9.59 Å². The highest BCUT2D eigenvalue weighted by Crippen LogP contribution is 2.08. The van der Waals surface area contributed by atoms with Gasteiger partial charge in [0.15, 0.2) is 0 Å². The highest BCUT2D eigenvalue weighted by Gasteiger charge is 2.26. The topological polar surface area (TPSA) is 46.6 Å². The molecule has 0 N–H and O–H groups in total. The molecule has 0 aliphatic carbocycles. The molecule has 0 bridgehead atoms. The zero-order valence-electron chi connectivity index (χ0n) is 9.55. The first-order valence-corrected chi connectivity index (χ1v) is 5.40. The maximum Gasteiger partial charge on any atom is 0.416 e. The molecular formula is C13H13NO3. The van der Waals surface area contributed by atoms with Gasteiger partial charge in [-0.1, -0.05) is 29.8 Å². The van der Waals surface area contributed by atoms with Gasteiger partial charge in [-0.3, -0.25) is 4.79 Å². The van der Waals surface area contributed by atoms with Gasteiger partial charge in [0, 0.05) is 6.08 Å². The molecule has 0 aromatic heterocycles. The molecule has 2 rings (SSSR count). The molecule has 1 heterocycles. The second-order valence-corrected chi connectivity index (χ2v) is 3.85. The van der Waals surface area contributed by atoms with Gasteiger partial charge >= 0.3 is 6.09 Å². The molecule has 2 amide bonds. The van der Waals surface area contributed by atoms with Gasteiger partial charge in [0.1, 0.15) is 6.61 Å². The van der Waals surface area contributed by atoms with E-state index < -0.39 is 6.09 Å². The Bertz CT molecular complexity index is 462. The fraction of sp³-hybridized carbons (Fsp3) is 0.231. The van der Waals surface area contributed by atoms with Crippen molar-refractivity contribution in [2.24, 2.45) is 0 Å². The minimum absolute atomic E-state index is 0.281. The first-order chi connectivity index (χ1) is 8.16. The average molecular weight is 231 g/mol. The molecule has 4 heteroatoms. The fourth-order valence-corrected chi connectivity index (χ4v) is 1.53. The number of cyclic esters (lactones) is 1. The predicted octanol–water partition coefficient (Wildman–Crippen LogP) is 1.99. The summed E-state index contributed by atoms with van der Waals surface area (Å²) in [6.45, 7) is 2.61. The monoisotopic (exact) mass is 231 g/mol. The minimum atomic E-state index is -0.566. The van der Waals surface area contributed by atoms with Crippen molar-refractivity contribution in [1.82, 2.24) is 4.90 Å². The van der Waals surface area contributed by atoms with Crippen LogP contribution >= 0.6 is 0 Å². The Morgan fingerprint density at radius 1 is 1.35 bits per heavy atom. The van der Waals surface area contributed by atoms with Gasteiger partial charge in [-0.15, -0.1) is 0 Å². The number of carbonyl (C=O) groups is 2. The number of rotatable bonds is 2. The number of aryl methyl sites for hydroxylation is 1. The average Bonchev–Trinajstić information content (AvgIpc) is 2.74. The third kappa shape index (κ3) is 2.72. The molecule has 1 aliphatic heterocycles. The molecule has 0 saturated carbocycles. The smallest absolute Gasteiger partial charge is 0.416 e. The quantitative estimate of drug-likeness (QED) is 0.731. The maximum atomic E-state index is 11.6. The second-order valence-electron chi connectivity index (χ2n) is 3.85. The van der Waals surface area contributed by atoms with E-state index in [-0.39, 0.29) is 12.5 Å². The summed E-state index contributed by atoms with van der Waals surface area (Å²) in [5.41, 5.74) is 2.09. The maximum absolute atomic E-state index is 11.6. The molecule has 1 fully saturated rings. The Hall–Kier alpha value is -2.10. The molecule has 1 saturated heterocycles. The number of hydrogen-bond donors (Lipinski definition) is 0. The molecule has 0 radical (unpaired) electrons. The molecule has 4 nitrogen and oxygen atoms in total. The van der Waals surface area contributed by atoms with Crippen LogP contribution in [0.15, 0.2) is 30.3 Å². The lowest BCUT2D eigenvalue weighted by Gasteiger charge is -2.06. The molecule has 1 aliphatic rings. The van der Waals surface area contributed by atoms with Crippen LogP contribution in [0.3, 0.4) is 0 Å². The van der Waals surface area contributed by atoms with E-state index in [4.69, 9.17) is 0 Å². The predicted molar refractivity (Wildman–Crippen MR) is 63.3 cm³/mol. The number of imide groups is 1. The van der Waals surface area contributed by atoms with Gasteiger partial charge in [-0.2, -0.15) is 0 Å². The molecule has 0 spiro atoms. The number of hydrogen-bond acceptors (Lipinski definition) is 3. The Morgan fingerprint density at radius 2 is 2.06 bits per heavy atom. The summed E-state index contributed by atoms with van der Waals surface area (Å²) >= 11 is 0. The van der Waals surface area contributed by atoms with E-state index in [1.54, 1.807) is 6.08 Å². The van der Waals surface area contributed by atoms with E-state index in [1.807, 2.05) is 31.2 Å². The van der Waals surface area contributed by atoms with Crippen LogP contribution in [0.1, 0.15) is 11.1 Å². The van der Waals surface area contributed by atoms with Crippen molar-refractivity contribution in [3.05, 3.63) is 41.5 Å². The van der Waals surface area contributed by atoms with Gasteiger partial charge in [0.05, 0.1) is 6.54 Å². The lowest BCUT2D eigenvalue weighted by Crippen LogP contribution is -2.29. The Labute approximate surface area is 99.5 Å². The number of carbonyl (C=O) groups excluding carboxylic acids is 2. The summed E-state index contributed by atoms with van der Waals surface area (Å²) in [4.78, 5) is 23.8. The van der Waals surface area contributed by atoms with Crippen molar-refractivity contribution in [1.29, 1.82) is 0 Å². The van der Waals surface area contributed by atoms with E-state index >= 15 is 0 Å².